The standard InChI is InChI=1S/C16H14O/c1-2-12-8-9-16-14(10-12)15(11-17-16)13-6-4-3-5-7-13/h3-11H,2H2,1H3. The first-order valence-corrected chi connectivity index (χ1v) is 5.94. The highest BCUT2D eigenvalue weighted by atomic mass is 16.3. The summed E-state index contributed by atoms with van der Waals surface area (Å²) in [5, 5.41) is 1.20. The van der Waals surface area contributed by atoms with E-state index in [1.807, 2.05) is 12.3 Å². The van der Waals surface area contributed by atoms with E-state index in [4.69, 9.17) is 4.42 Å². The predicted molar refractivity (Wildman–Crippen MR) is 71.0 cm³/mol. The smallest absolute Gasteiger partial charge is 0.134 e. The Kier molecular flexibility index (Phi) is 2.45. The van der Waals surface area contributed by atoms with Crippen molar-refractivity contribution >= 4 is 11.0 Å². The molecule has 0 aliphatic carbocycles. The molecule has 1 aromatic heterocycles. The highest BCUT2D eigenvalue weighted by Crippen LogP contribution is 2.31. The first kappa shape index (κ1) is 10.2. The van der Waals surface area contributed by atoms with E-state index in [0.717, 1.165) is 12.0 Å². The second-order valence-corrected chi connectivity index (χ2v) is 4.20. The molecule has 2 aromatic carbocycles. The Morgan fingerprint density at radius 2 is 1.82 bits per heavy atom. The van der Waals surface area contributed by atoms with Gasteiger partial charge in [-0.05, 0) is 29.7 Å². The second-order valence-electron chi connectivity index (χ2n) is 4.20. The van der Waals surface area contributed by atoms with Crippen molar-refractivity contribution in [3.63, 3.8) is 0 Å². The average molecular weight is 222 g/mol. The Bertz CT molecular complexity index is 635. The van der Waals surface area contributed by atoms with Gasteiger partial charge in [0, 0.05) is 10.9 Å². The molecule has 0 atom stereocenters. The SMILES string of the molecule is CCc1ccc2occ(-c3ccccc3)c2c1. The molecule has 0 saturated carbocycles. The molecule has 0 aliphatic heterocycles. The molecular formula is C16H14O. The third kappa shape index (κ3) is 1.74. The number of benzene rings is 2. The lowest BCUT2D eigenvalue weighted by molar-refractivity contribution is 0.617. The van der Waals surface area contributed by atoms with Gasteiger partial charge in [-0.3, -0.25) is 0 Å². The Hall–Kier alpha value is -2.02. The summed E-state index contributed by atoms with van der Waals surface area (Å²) in [6, 6.07) is 16.8. The fourth-order valence-electron chi connectivity index (χ4n) is 2.14. The minimum absolute atomic E-state index is 0.959. The molecule has 0 bridgehead atoms. The van der Waals surface area contributed by atoms with Gasteiger partial charge in [-0.1, -0.05) is 43.3 Å². The van der Waals surface area contributed by atoms with Gasteiger partial charge in [0.2, 0.25) is 0 Å². The fourth-order valence-corrected chi connectivity index (χ4v) is 2.14. The lowest BCUT2D eigenvalue weighted by atomic mass is 10.0. The molecular weight excluding hydrogens is 208 g/mol. The van der Waals surface area contributed by atoms with E-state index in [9.17, 15) is 0 Å². The summed E-state index contributed by atoms with van der Waals surface area (Å²) in [4.78, 5) is 0. The van der Waals surface area contributed by atoms with Gasteiger partial charge < -0.3 is 4.42 Å². The van der Waals surface area contributed by atoms with Crippen molar-refractivity contribution in [1.29, 1.82) is 0 Å². The van der Waals surface area contributed by atoms with Crippen LogP contribution >= 0.6 is 0 Å². The fraction of sp³-hybridized carbons (Fsp3) is 0.125. The summed E-state index contributed by atoms with van der Waals surface area (Å²) >= 11 is 0. The maximum absolute atomic E-state index is 5.60. The van der Waals surface area contributed by atoms with E-state index in [-0.39, 0.29) is 0 Å². The van der Waals surface area contributed by atoms with Gasteiger partial charge in [0.25, 0.3) is 0 Å². The number of rotatable bonds is 2. The Labute approximate surface area is 101 Å². The van der Waals surface area contributed by atoms with Crippen molar-refractivity contribution in [2.24, 2.45) is 0 Å². The van der Waals surface area contributed by atoms with Gasteiger partial charge in [-0.2, -0.15) is 0 Å². The van der Waals surface area contributed by atoms with Crippen LogP contribution in [0.5, 0.6) is 0 Å². The van der Waals surface area contributed by atoms with Crippen LogP contribution in [0.4, 0.5) is 0 Å². The Morgan fingerprint density at radius 1 is 1.00 bits per heavy atom. The summed E-state index contributed by atoms with van der Waals surface area (Å²) < 4.78 is 5.60. The van der Waals surface area contributed by atoms with E-state index >= 15 is 0 Å². The monoisotopic (exact) mass is 222 g/mol. The van der Waals surface area contributed by atoms with Crippen molar-refractivity contribution < 1.29 is 4.42 Å². The molecule has 0 fully saturated rings. The third-order valence-electron chi connectivity index (χ3n) is 3.13. The molecule has 0 spiro atoms. The van der Waals surface area contributed by atoms with E-state index in [1.165, 1.54) is 22.1 Å². The lowest BCUT2D eigenvalue weighted by Gasteiger charge is -1.99. The molecule has 0 N–H and O–H groups in total. The first-order valence-electron chi connectivity index (χ1n) is 5.94. The molecule has 0 saturated heterocycles. The molecule has 3 rings (SSSR count). The van der Waals surface area contributed by atoms with Crippen LogP contribution in [0.15, 0.2) is 59.2 Å². The van der Waals surface area contributed by atoms with Gasteiger partial charge in [0.15, 0.2) is 0 Å². The molecule has 0 aliphatic rings. The summed E-state index contributed by atoms with van der Waals surface area (Å²) in [5.74, 6) is 0. The van der Waals surface area contributed by atoms with E-state index < -0.39 is 0 Å². The number of hydrogen-bond acceptors (Lipinski definition) is 1. The molecule has 1 heteroatoms. The topological polar surface area (TPSA) is 13.1 Å². The molecule has 3 aromatic rings. The highest BCUT2D eigenvalue weighted by Gasteiger charge is 2.07. The summed E-state index contributed by atoms with van der Waals surface area (Å²) in [6.45, 7) is 2.17. The number of fused-ring (bicyclic) bond motifs is 1. The van der Waals surface area contributed by atoms with Gasteiger partial charge in [-0.25, -0.2) is 0 Å². The number of aryl methyl sites for hydroxylation is 1. The first-order chi connectivity index (χ1) is 8.38. The van der Waals surface area contributed by atoms with E-state index in [2.05, 4.69) is 49.4 Å². The van der Waals surface area contributed by atoms with Crippen molar-refractivity contribution in [3.8, 4) is 11.1 Å². The van der Waals surface area contributed by atoms with Crippen molar-refractivity contribution in [2.75, 3.05) is 0 Å². The van der Waals surface area contributed by atoms with Crippen molar-refractivity contribution in [3.05, 3.63) is 60.4 Å². The molecule has 17 heavy (non-hydrogen) atoms. The minimum atomic E-state index is 0.959. The Morgan fingerprint density at radius 3 is 2.59 bits per heavy atom. The maximum Gasteiger partial charge on any atom is 0.134 e. The molecule has 1 nitrogen and oxygen atoms in total. The Balaban J connectivity index is 2.23. The summed E-state index contributed by atoms with van der Waals surface area (Å²) in [7, 11) is 0. The normalized spacial score (nSPS) is 10.9. The summed E-state index contributed by atoms with van der Waals surface area (Å²) in [6.07, 6.45) is 2.90. The van der Waals surface area contributed by atoms with Crippen LogP contribution in [0.2, 0.25) is 0 Å². The largest absolute Gasteiger partial charge is 0.464 e. The van der Waals surface area contributed by atoms with E-state index in [0.29, 0.717) is 0 Å². The van der Waals surface area contributed by atoms with Crippen LogP contribution in [0.25, 0.3) is 22.1 Å². The average Bonchev–Trinajstić information content (AvgIpc) is 2.82. The van der Waals surface area contributed by atoms with Crippen LogP contribution < -0.4 is 0 Å². The zero-order valence-electron chi connectivity index (χ0n) is 9.81. The van der Waals surface area contributed by atoms with Gasteiger partial charge >= 0.3 is 0 Å². The number of furan rings is 1. The minimum Gasteiger partial charge on any atom is -0.464 e. The number of hydrogen-bond donors (Lipinski definition) is 0. The molecule has 0 unspecified atom stereocenters. The van der Waals surface area contributed by atoms with Crippen LogP contribution in [-0.4, -0.2) is 0 Å². The van der Waals surface area contributed by atoms with Crippen LogP contribution in [0, 0.1) is 0 Å². The molecule has 0 radical (unpaired) electrons. The highest BCUT2D eigenvalue weighted by molar-refractivity contribution is 5.94. The summed E-state index contributed by atoms with van der Waals surface area (Å²) in [5.41, 5.74) is 4.69. The van der Waals surface area contributed by atoms with Crippen LogP contribution in [0.3, 0.4) is 0 Å². The lowest BCUT2D eigenvalue weighted by Crippen LogP contribution is -1.79. The van der Waals surface area contributed by atoms with E-state index in [1.54, 1.807) is 0 Å². The molecule has 0 amide bonds. The quantitative estimate of drug-likeness (QED) is 0.614. The molecule has 1 heterocycles. The third-order valence-corrected chi connectivity index (χ3v) is 3.13. The zero-order chi connectivity index (χ0) is 11.7. The maximum atomic E-state index is 5.60. The van der Waals surface area contributed by atoms with Gasteiger partial charge in [-0.15, -0.1) is 0 Å². The van der Waals surface area contributed by atoms with Crippen LogP contribution in [-0.2, 0) is 6.42 Å². The van der Waals surface area contributed by atoms with Crippen molar-refractivity contribution in [1.82, 2.24) is 0 Å². The zero-order valence-corrected chi connectivity index (χ0v) is 9.81. The second kappa shape index (κ2) is 4.10. The molecule has 84 valence electrons. The van der Waals surface area contributed by atoms with Crippen molar-refractivity contribution in [2.45, 2.75) is 13.3 Å². The predicted octanol–water partition coefficient (Wildman–Crippen LogP) is 4.66. The van der Waals surface area contributed by atoms with Crippen LogP contribution in [0.1, 0.15) is 12.5 Å². The van der Waals surface area contributed by atoms with Gasteiger partial charge in [0.1, 0.15) is 5.58 Å². The van der Waals surface area contributed by atoms with Gasteiger partial charge in [0.05, 0.1) is 6.26 Å².